The lowest BCUT2D eigenvalue weighted by Crippen LogP contribution is -2.42. The highest BCUT2D eigenvalue weighted by atomic mass is 79.9. The molecule has 2 aliphatic rings. The minimum absolute atomic E-state index is 0.0153. The van der Waals surface area contributed by atoms with E-state index in [4.69, 9.17) is 16.3 Å². The first-order valence-corrected chi connectivity index (χ1v) is 23.9. The Labute approximate surface area is 436 Å². The number of nitrogens with zero attached hydrogens (tertiary/aromatic N) is 12. The fraction of sp³-hybridized carbons (Fsp3) is 0.182. The number of benzene rings is 4. The standard InChI is InChI=1S/C22H20FN5O2.C22H20FN5O.C11H6BrN3O/c1-22(2,3)15-7-13-10-26-28(21(30)19(13)18(23)8-15)17-6-4-5-16(9-17)27-12-14(11-25-27)20(24)29;1-22(2,3)16-7-15-12-26-28(21(29)20(15)19(23)8-16)18-6-4-5-17(9-18)27-13-14(10-24)11-25-27;12-10-2-1-3-11(9(10)7-16)15-6-8(4-13)5-14-15/h4-12H,1-3H3,(H2,24,29);4-9,11-13,15,20H,1-3H3;1-3,5-7H. The van der Waals surface area contributed by atoms with Crippen LogP contribution in [0.25, 0.3) is 33.5 Å². The summed E-state index contributed by atoms with van der Waals surface area (Å²) >= 11 is 3.29. The highest BCUT2D eigenvalue weighted by Crippen LogP contribution is 2.40. The third-order valence-corrected chi connectivity index (χ3v) is 12.8. The first-order chi connectivity index (χ1) is 35.7. The molecule has 0 saturated carbocycles. The van der Waals surface area contributed by atoms with Crippen molar-refractivity contribution in [2.45, 2.75) is 47.0 Å². The minimum Gasteiger partial charge on any atom is -0.366 e. The van der Waals surface area contributed by atoms with Crippen molar-refractivity contribution < 1.29 is 23.2 Å². The van der Waals surface area contributed by atoms with Crippen LogP contribution in [0.5, 0.6) is 0 Å². The van der Waals surface area contributed by atoms with Gasteiger partial charge in [-0.1, -0.05) is 65.8 Å². The Morgan fingerprint density at radius 2 is 1.35 bits per heavy atom. The zero-order valence-electron chi connectivity index (χ0n) is 41.2. The van der Waals surface area contributed by atoms with Crippen molar-refractivity contribution in [3.8, 4) is 34.9 Å². The van der Waals surface area contributed by atoms with Gasteiger partial charge in [-0.25, -0.2) is 27.8 Å². The van der Waals surface area contributed by atoms with Crippen LogP contribution in [0.15, 0.2) is 160 Å². The Bertz CT molecular complexity index is 3800. The van der Waals surface area contributed by atoms with Gasteiger partial charge in [-0.3, -0.25) is 19.2 Å². The number of aromatic nitrogens is 8. The van der Waals surface area contributed by atoms with Crippen LogP contribution in [-0.4, -0.2) is 63.4 Å². The van der Waals surface area contributed by atoms with Crippen LogP contribution >= 0.6 is 15.9 Å². The lowest BCUT2D eigenvalue weighted by Gasteiger charge is -2.34. The van der Waals surface area contributed by atoms with E-state index in [0.29, 0.717) is 55.0 Å². The van der Waals surface area contributed by atoms with Crippen molar-refractivity contribution >= 4 is 56.7 Å². The maximum absolute atomic E-state index is 14.9. The normalized spacial score (nSPS) is 15.0. The van der Waals surface area contributed by atoms with E-state index in [-0.39, 0.29) is 21.8 Å². The molecule has 4 aromatic heterocycles. The van der Waals surface area contributed by atoms with Gasteiger partial charge in [-0.05, 0) is 105 Å². The molecule has 0 bridgehead atoms. The second-order valence-electron chi connectivity index (χ2n) is 19.3. The molecule has 2 amide bonds. The number of allylic oxidation sites excluding steroid dienone is 3. The van der Waals surface area contributed by atoms with E-state index in [1.807, 2.05) is 59.8 Å². The molecular weight excluding hydrogens is 1020 g/mol. The Morgan fingerprint density at radius 1 is 0.747 bits per heavy atom. The quantitative estimate of drug-likeness (QED) is 0.149. The average molecular weight is 1070 g/mol. The number of hydrazone groups is 1. The SMILES string of the molecule is CC(C)(C)C1=CC2C=NN(c3cccc(-n4cc(C#N)cn4)c3)C(=O)C2C(F)=C1.CC(C)(C)c1cc(F)c2c(=O)n(-c3cccc(-n4cc(C(N)=O)cn4)c3)ncc2c1.N#Cc1cnn(-c2cccc(Br)c2C=O)c1. The largest absolute Gasteiger partial charge is 0.366 e. The minimum atomic E-state index is -0.905. The van der Waals surface area contributed by atoms with E-state index in [2.05, 4.69) is 41.4 Å². The van der Waals surface area contributed by atoms with Crippen molar-refractivity contribution in [2.24, 2.45) is 28.1 Å². The van der Waals surface area contributed by atoms with Crippen LogP contribution in [0.3, 0.4) is 0 Å². The molecule has 0 fully saturated rings. The summed E-state index contributed by atoms with van der Waals surface area (Å²) in [4.78, 5) is 48.4. The Balaban J connectivity index is 0.000000156. The monoisotopic (exact) mass is 1070 g/mol. The molecule has 17 nitrogen and oxygen atoms in total. The van der Waals surface area contributed by atoms with Gasteiger partial charge < -0.3 is 5.73 Å². The molecule has 8 aromatic rings. The molecule has 1 aliphatic heterocycles. The Morgan fingerprint density at radius 3 is 1.96 bits per heavy atom. The third-order valence-electron chi connectivity index (χ3n) is 12.1. The van der Waals surface area contributed by atoms with Crippen LogP contribution < -0.4 is 16.3 Å². The number of aldehydes is 1. The van der Waals surface area contributed by atoms with E-state index in [0.717, 1.165) is 22.1 Å². The number of nitrogens with two attached hydrogens (primary N) is 1. The number of hydrogen-bond acceptors (Lipinski definition) is 11. The number of carbonyl (C=O) groups excluding carboxylic acids is 3. The van der Waals surface area contributed by atoms with Crippen molar-refractivity contribution in [3.63, 3.8) is 0 Å². The molecule has 5 heterocycles. The number of primary amides is 1. The molecule has 2 atom stereocenters. The summed E-state index contributed by atoms with van der Waals surface area (Å²) in [6, 6.07) is 26.4. The molecule has 75 heavy (non-hydrogen) atoms. The van der Waals surface area contributed by atoms with E-state index < -0.39 is 40.9 Å². The number of hydrogen-bond donors (Lipinski definition) is 1. The van der Waals surface area contributed by atoms with Gasteiger partial charge in [0.05, 0.1) is 80.9 Å². The molecule has 1 aliphatic carbocycles. The van der Waals surface area contributed by atoms with Crippen LogP contribution in [0.4, 0.5) is 14.5 Å². The summed E-state index contributed by atoms with van der Waals surface area (Å²) in [5.74, 6) is -3.32. The topological polar surface area (TPSA) is 229 Å². The number of nitriles is 2. The van der Waals surface area contributed by atoms with E-state index in [9.17, 15) is 28.0 Å². The molecule has 0 spiro atoms. The molecule has 376 valence electrons. The van der Waals surface area contributed by atoms with Crippen molar-refractivity contribution in [3.05, 3.63) is 194 Å². The number of carbonyl (C=O) groups is 3. The van der Waals surface area contributed by atoms with Gasteiger partial charge in [0.1, 0.15) is 29.7 Å². The second kappa shape index (κ2) is 21.1. The highest BCUT2D eigenvalue weighted by Gasteiger charge is 2.41. The van der Waals surface area contributed by atoms with Gasteiger partial charge in [0.15, 0.2) is 6.29 Å². The highest BCUT2D eigenvalue weighted by molar-refractivity contribution is 9.10. The molecule has 0 radical (unpaired) electrons. The van der Waals surface area contributed by atoms with Crippen molar-refractivity contribution in [1.82, 2.24) is 39.1 Å². The van der Waals surface area contributed by atoms with Crippen LogP contribution in [-0.2, 0) is 10.2 Å². The predicted octanol–water partition coefficient (Wildman–Crippen LogP) is 9.57. The summed E-state index contributed by atoms with van der Waals surface area (Å²) < 4.78 is 36.1. The van der Waals surface area contributed by atoms with Crippen molar-refractivity contribution in [1.29, 1.82) is 10.5 Å². The van der Waals surface area contributed by atoms with Crippen molar-refractivity contribution in [2.75, 3.05) is 5.01 Å². The zero-order chi connectivity index (χ0) is 53.9. The van der Waals surface area contributed by atoms with Gasteiger partial charge in [0.2, 0.25) is 0 Å². The van der Waals surface area contributed by atoms with Crippen LogP contribution in [0.1, 0.15) is 78.9 Å². The Hall–Kier alpha value is -9.27. The molecule has 4 aromatic carbocycles. The molecular formula is C55H46BrF2N13O4. The molecule has 10 rings (SSSR count). The summed E-state index contributed by atoms with van der Waals surface area (Å²) in [5, 5.41) is 40.2. The first-order valence-electron chi connectivity index (χ1n) is 23.1. The molecule has 2 unspecified atom stereocenters. The maximum atomic E-state index is 14.9. The lowest BCUT2D eigenvalue weighted by molar-refractivity contribution is -0.122. The lowest BCUT2D eigenvalue weighted by atomic mass is 9.76. The zero-order valence-corrected chi connectivity index (χ0v) is 42.8. The summed E-state index contributed by atoms with van der Waals surface area (Å²) in [5.41, 5.74) is 10.4. The van der Waals surface area contributed by atoms with E-state index in [1.165, 1.54) is 57.5 Å². The second-order valence-corrected chi connectivity index (χ2v) is 20.2. The molecule has 2 N–H and O–H groups in total. The summed E-state index contributed by atoms with van der Waals surface area (Å²) in [7, 11) is 0. The molecule has 0 saturated heterocycles. The Kier molecular flexibility index (Phi) is 14.6. The van der Waals surface area contributed by atoms with Gasteiger partial charge in [0, 0.05) is 40.6 Å². The number of rotatable bonds is 7. The number of amides is 2. The van der Waals surface area contributed by atoms with E-state index >= 15 is 0 Å². The number of fused-ring (bicyclic) bond motifs is 2. The summed E-state index contributed by atoms with van der Waals surface area (Å²) in [6.45, 7) is 12.0. The molecule has 20 heteroatoms. The predicted molar refractivity (Wildman–Crippen MR) is 281 cm³/mol. The van der Waals surface area contributed by atoms with Crippen LogP contribution in [0.2, 0.25) is 0 Å². The fourth-order valence-corrected chi connectivity index (χ4v) is 8.48. The van der Waals surface area contributed by atoms with Crippen LogP contribution in [0, 0.1) is 45.7 Å². The first kappa shape index (κ1) is 52.1. The fourth-order valence-electron chi connectivity index (χ4n) is 8.03. The van der Waals surface area contributed by atoms with Gasteiger partial charge in [-0.2, -0.15) is 40.7 Å². The third kappa shape index (κ3) is 11.1. The average Bonchev–Trinajstić information content (AvgIpc) is 4.19. The van der Waals surface area contributed by atoms with Gasteiger partial charge in [-0.15, -0.1) is 0 Å². The smallest absolute Gasteiger partial charge is 0.282 e. The van der Waals surface area contributed by atoms with Gasteiger partial charge in [0.25, 0.3) is 17.4 Å². The van der Waals surface area contributed by atoms with Gasteiger partial charge >= 0.3 is 0 Å². The maximum Gasteiger partial charge on any atom is 0.282 e. The summed E-state index contributed by atoms with van der Waals surface area (Å²) in [6.07, 6.45) is 16.2. The van der Waals surface area contributed by atoms with E-state index in [1.54, 1.807) is 96.1 Å². The number of anilines is 1. The number of halogens is 3.